The van der Waals surface area contributed by atoms with Crippen LogP contribution in [0.1, 0.15) is 29.8 Å². The fourth-order valence-electron chi connectivity index (χ4n) is 2.65. The van der Waals surface area contributed by atoms with Gasteiger partial charge >= 0.3 is 0 Å². The minimum absolute atomic E-state index is 0.0448. The smallest absolute Gasteiger partial charge is 0.0705 e. The molecule has 3 rings (SSSR count). The van der Waals surface area contributed by atoms with Gasteiger partial charge in [0.25, 0.3) is 0 Å². The molecule has 0 bridgehead atoms. The summed E-state index contributed by atoms with van der Waals surface area (Å²) in [5.74, 6) is 0. The van der Waals surface area contributed by atoms with E-state index in [1.54, 1.807) is 0 Å². The Labute approximate surface area is 124 Å². The molecule has 1 aromatic carbocycles. The van der Waals surface area contributed by atoms with E-state index in [2.05, 4.69) is 30.1 Å². The van der Waals surface area contributed by atoms with Gasteiger partial charge in [0.05, 0.1) is 5.52 Å². The molecule has 0 aliphatic carbocycles. The zero-order valence-corrected chi connectivity index (χ0v) is 12.2. The molecule has 0 aliphatic rings. The number of hydrogen-bond acceptors (Lipinski definition) is 3. The van der Waals surface area contributed by atoms with E-state index >= 15 is 0 Å². The molecular formula is C18H19N3. The number of aryl methyl sites for hydroxylation is 1. The first-order valence-electron chi connectivity index (χ1n) is 7.31. The highest BCUT2D eigenvalue weighted by Crippen LogP contribution is 2.20. The first kappa shape index (κ1) is 13.7. The van der Waals surface area contributed by atoms with Crippen molar-refractivity contribution in [1.29, 1.82) is 0 Å². The molecule has 0 spiro atoms. The maximum Gasteiger partial charge on any atom is 0.0705 e. The zero-order chi connectivity index (χ0) is 14.7. The predicted molar refractivity (Wildman–Crippen MR) is 86.0 cm³/mol. The lowest BCUT2D eigenvalue weighted by atomic mass is 9.97. The second-order valence-electron chi connectivity index (χ2n) is 5.23. The van der Waals surface area contributed by atoms with E-state index in [0.717, 1.165) is 29.4 Å². The Bertz CT molecular complexity index is 752. The van der Waals surface area contributed by atoms with Gasteiger partial charge in [-0.1, -0.05) is 31.2 Å². The van der Waals surface area contributed by atoms with Crippen molar-refractivity contribution in [3.63, 3.8) is 0 Å². The van der Waals surface area contributed by atoms with Gasteiger partial charge in [0.2, 0.25) is 0 Å². The molecule has 0 amide bonds. The molecule has 0 fully saturated rings. The summed E-state index contributed by atoms with van der Waals surface area (Å²) in [6.07, 6.45) is 5.40. The Morgan fingerprint density at radius 2 is 1.95 bits per heavy atom. The molecule has 0 saturated carbocycles. The first-order valence-corrected chi connectivity index (χ1v) is 7.31. The molecular weight excluding hydrogens is 258 g/mol. The van der Waals surface area contributed by atoms with Crippen molar-refractivity contribution in [2.24, 2.45) is 5.73 Å². The van der Waals surface area contributed by atoms with E-state index in [-0.39, 0.29) is 6.04 Å². The van der Waals surface area contributed by atoms with Crippen LogP contribution in [0.5, 0.6) is 0 Å². The molecule has 3 heteroatoms. The van der Waals surface area contributed by atoms with E-state index in [1.807, 2.05) is 36.7 Å². The fraction of sp³-hybridized carbons (Fsp3) is 0.222. The molecule has 3 aromatic rings. The summed E-state index contributed by atoms with van der Waals surface area (Å²) in [5, 5.41) is 1.16. The summed E-state index contributed by atoms with van der Waals surface area (Å²) < 4.78 is 0. The van der Waals surface area contributed by atoms with Crippen molar-refractivity contribution >= 4 is 10.9 Å². The van der Waals surface area contributed by atoms with E-state index in [0.29, 0.717) is 0 Å². The highest BCUT2D eigenvalue weighted by molar-refractivity contribution is 5.78. The Morgan fingerprint density at radius 1 is 1.10 bits per heavy atom. The average molecular weight is 277 g/mol. The molecule has 2 N–H and O–H groups in total. The summed E-state index contributed by atoms with van der Waals surface area (Å²) in [6.45, 7) is 2.13. The topological polar surface area (TPSA) is 51.8 Å². The lowest BCUT2D eigenvalue weighted by Crippen LogP contribution is -2.16. The van der Waals surface area contributed by atoms with E-state index < -0.39 is 0 Å². The molecule has 3 nitrogen and oxygen atoms in total. The van der Waals surface area contributed by atoms with Crippen molar-refractivity contribution in [3.05, 3.63) is 71.7 Å². The van der Waals surface area contributed by atoms with E-state index in [4.69, 9.17) is 10.7 Å². The van der Waals surface area contributed by atoms with Crippen LogP contribution in [0.15, 0.2) is 54.9 Å². The van der Waals surface area contributed by atoms with Gasteiger partial charge in [0.15, 0.2) is 0 Å². The quantitative estimate of drug-likeness (QED) is 0.795. The van der Waals surface area contributed by atoms with Crippen LogP contribution in [0.2, 0.25) is 0 Å². The van der Waals surface area contributed by atoms with Crippen LogP contribution in [0, 0.1) is 0 Å². The number of hydrogen-bond donors (Lipinski definition) is 1. The van der Waals surface area contributed by atoms with Gasteiger partial charge in [-0.05, 0) is 35.7 Å². The Kier molecular flexibility index (Phi) is 3.93. The Balaban J connectivity index is 1.87. The van der Waals surface area contributed by atoms with Gasteiger partial charge in [0.1, 0.15) is 0 Å². The molecule has 21 heavy (non-hydrogen) atoms. The summed E-state index contributed by atoms with van der Waals surface area (Å²) >= 11 is 0. The van der Waals surface area contributed by atoms with Crippen LogP contribution in [-0.2, 0) is 12.8 Å². The lowest BCUT2D eigenvalue weighted by Gasteiger charge is -2.15. The second-order valence-corrected chi connectivity index (χ2v) is 5.23. The SMILES string of the molecule is CCc1cnccc1C(N)Cc1ccc2ccccc2n1. The number of benzene rings is 1. The van der Waals surface area contributed by atoms with Crippen molar-refractivity contribution in [2.75, 3.05) is 0 Å². The van der Waals surface area contributed by atoms with Crippen LogP contribution in [0.3, 0.4) is 0 Å². The standard InChI is InChI=1S/C18H19N3/c1-2-13-12-20-10-9-16(13)17(19)11-15-8-7-14-5-3-4-6-18(14)21-15/h3-10,12,17H,2,11,19H2,1H3. The van der Waals surface area contributed by atoms with E-state index in [9.17, 15) is 0 Å². The van der Waals surface area contributed by atoms with Gasteiger partial charge in [0, 0.05) is 35.9 Å². The number of nitrogens with zero attached hydrogens (tertiary/aromatic N) is 2. The van der Waals surface area contributed by atoms with Gasteiger partial charge in [-0.15, -0.1) is 0 Å². The minimum atomic E-state index is -0.0448. The number of nitrogens with two attached hydrogens (primary N) is 1. The van der Waals surface area contributed by atoms with Crippen molar-refractivity contribution < 1.29 is 0 Å². The summed E-state index contributed by atoms with van der Waals surface area (Å²) in [5.41, 5.74) is 10.8. The molecule has 1 unspecified atom stereocenters. The van der Waals surface area contributed by atoms with Gasteiger partial charge < -0.3 is 5.73 Å². The van der Waals surface area contributed by atoms with Crippen molar-refractivity contribution in [1.82, 2.24) is 9.97 Å². The van der Waals surface area contributed by atoms with E-state index in [1.165, 1.54) is 11.1 Å². The zero-order valence-electron chi connectivity index (χ0n) is 12.2. The summed E-state index contributed by atoms with van der Waals surface area (Å²) in [4.78, 5) is 8.88. The van der Waals surface area contributed by atoms with Gasteiger partial charge in [-0.2, -0.15) is 0 Å². The summed E-state index contributed by atoms with van der Waals surface area (Å²) in [6, 6.07) is 14.3. The van der Waals surface area contributed by atoms with Gasteiger partial charge in [-0.3, -0.25) is 9.97 Å². The molecule has 106 valence electrons. The minimum Gasteiger partial charge on any atom is -0.324 e. The fourth-order valence-corrected chi connectivity index (χ4v) is 2.65. The molecule has 0 saturated heterocycles. The first-order chi connectivity index (χ1) is 10.3. The van der Waals surface area contributed by atoms with Crippen LogP contribution < -0.4 is 5.73 Å². The molecule has 1 atom stereocenters. The second kappa shape index (κ2) is 6.02. The maximum atomic E-state index is 6.38. The number of fused-ring (bicyclic) bond motifs is 1. The molecule has 0 aliphatic heterocycles. The largest absolute Gasteiger partial charge is 0.324 e. The highest BCUT2D eigenvalue weighted by Gasteiger charge is 2.12. The lowest BCUT2D eigenvalue weighted by molar-refractivity contribution is 0.698. The monoisotopic (exact) mass is 277 g/mol. The summed E-state index contributed by atoms with van der Waals surface area (Å²) in [7, 11) is 0. The predicted octanol–water partition coefficient (Wildman–Crippen LogP) is 3.43. The van der Waals surface area contributed by atoms with Crippen LogP contribution >= 0.6 is 0 Å². The third-order valence-corrected chi connectivity index (χ3v) is 3.81. The van der Waals surface area contributed by atoms with Crippen molar-refractivity contribution in [2.45, 2.75) is 25.8 Å². The number of pyridine rings is 2. The number of aromatic nitrogens is 2. The van der Waals surface area contributed by atoms with Crippen molar-refractivity contribution in [3.8, 4) is 0 Å². The highest BCUT2D eigenvalue weighted by atomic mass is 14.7. The van der Waals surface area contributed by atoms with Crippen LogP contribution in [0.4, 0.5) is 0 Å². The number of para-hydroxylation sites is 1. The third-order valence-electron chi connectivity index (χ3n) is 3.81. The maximum absolute atomic E-state index is 6.38. The molecule has 2 aromatic heterocycles. The van der Waals surface area contributed by atoms with Crippen LogP contribution in [0.25, 0.3) is 10.9 Å². The Morgan fingerprint density at radius 3 is 2.81 bits per heavy atom. The number of rotatable bonds is 4. The average Bonchev–Trinajstić information content (AvgIpc) is 2.54. The molecule has 2 heterocycles. The van der Waals surface area contributed by atoms with Gasteiger partial charge in [-0.25, -0.2) is 0 Å². The normalized spacial score (nSPS) is 12.5. The van der Waals surface area contributed by atoms with Crippen LogP contribution in [-0.4, -0.2) is 9.97 Å². The molecule has 0 radical (unpaired) electrons. The Hall–Kier alpha value is -2.26. The third kappa shape index (κ3) is 2.93.